The summed E-state index contributed by atoms with van der Waals surface area (Å²) in [5, 5.41) is 7.89. The molecule has 0 bridgehead atoms. The first-order chi connectivity index (χ1) is 9.66. The van der Waals surface area contributed by atoms with Crippen molar-refractivity contribution < 1.29 is 17.9 Å². The first kappa shape index (κ1) is 18.1. The molecule has 0 aliphatic carbocycles. The van der Waals surface area contributed by atoms with Crippen molar-refractivity contribution in [3.05, 3.63) is 27.7 Å². The van der Waals surface area contributed by atoms with Crippen LogP contribution >= 0.6 is 15.9 Å². The van der Waals surface area contributed by atoms with E-state index in [1.54, 1.807) is 20.1 Å². The number of nitrogens with one attached hydrogen (secondary N) is 1. The number of carbonyl (C=O) groups is 1. The average Bonchev–Trinajstić information content (AvgIpc) is 2.38. The van der Waals surface area contributed by atoms with Crippen molar-refractivity contribution in [3.8, 4) is 0 Å². The van der Waals surface area contributed by atoms with E-state index in [-0.39, 0.29) is 22.3 Å². The molecule has 118 valence electrons. The number of nitrogens with two attached hydrogens (primary N) is 1. The number of rotatable bonds is 6. The molecule has 0 radical (unpaired) electrons. The SMILES string of the molecule is COCC(C)CNC(=O)c1cc(Br)c(C)c(S(N)(=O)=O)c1. The highest BCUT2D eigenvalue weighted by Crippen LogP contribution is 2.25. The fraction of sp³-hybridized carbons (Fsp3) is 0.462. The van der Waals surface area contributed by atoms with Gasteiger partial charge in [-0.05, 0) is 30.5 Å². The molecule has 1 rings (SSSR count). The van der Waals surface area contributed by atoms with Gasteiger partial charge in [-0.25, -0.2) is 13.6 Å². The second kappa shape index (κ2) is 7.35. The zero-order chi connectivity index (χ0) is 16.2. The Kier molecular flexibility index (Phi) is 6.33. The van der Waals surface area contributed by atoms with Crippen molar-refractivity contribution in [1.29, 1.82) is 0 Å². The zero-order valence-electron chi connectivity index (χ0n) is 12.1. The summed E-state index contributed by atoms with van der Waals surface area (Å²) in [6, 6.07) is 2.85. The highest BCUT2D eigenvalue weighted by Gasteiger charge is 2.18. The van der Waals surface area contributed by atoms with Crippen molar-refractivity contribution in [2.45, 2.75) is 18.7 Å². The molecule has 21 heavy (non-hydrogen) atoms. The lowest BCUT2D eigenvalue weighted by atomic mass is 10.1. The van der Waals surface area contributed by atoms with Crippen LogP contribution in [0.25, 0.3) is 0 Å². The van der Waals surface area contributed by atoms with Crippen LogP contribution in [0.15, 0.2) is 21.5 Å². The minimum absolute atomic E-state index is 0.0630. The van der Waals surface area contributed by atoms with Gasteiger partial charge in [0, 0.05) is 23.7 Å². The number of primary sulfonamides is 1. The Morgan fingerprint density at radius 2 is 2.10 bits per heavy atom. The minimum Gasteiger partial charge on any atom is -0.384 e. The molecular weight excluding hydrogens is 360 g/mol. The number of halogens is 1. The Morgan fingerprint density at radius 3 is 2.62 bits per heavy atom. The van der Waals surface area contributed by atoms with Crippen molar-refractivity contribution in [3.63, 3.8) is 0 Å². The molecule has 0 saturated heterocycles. The van der Waals surface area contributed by atoms with Gasteiger partial charge in [-0.1, -0.05) is 22.9 Å². The van der Waals surface area contributed by atoms with Crippen molar-refractivity contribution in [2.24, 2.45) is 11.1 Å². The molecule has 0 fully saturated rings. The third kappa shape index (κ3) is 5.06. The quantitative estimate of drug-likeness (QED) is 0.781. The van der Waals surface area contributed by atoms with Gasteiger partial charge in [0.1, 0.15) is 0 Å². The van der Waals surface area contributed by atoms with Crippen LogP contribution in [0.1, 0.15) is 22.8 Å². The van der Waals surface area contributed by atoms with Gasteiger partial charge in [-0.15, -0.1) is 0 Å². The molecule has 3 N–H and O–H groups in total. The Morgan fingerprint density at radius 1 is 1.48 bits per heavy atom. The summed E-state index contributed by atoms with van der Waals surface area (Å²) in [7, 11) is -2.29. The lowest BCUT2D eigenvalue weighted by Crippen LogP contribution is -2.30. The van der Waals surface area contributed by atoms with Crippen LogP contribution < -0.4 is 10.5 Å². The Hall–Kier alpha value is -0.960. The van der Waals surface area contributed by atoms with Crippen LogP contribution in [0.3, 0.4) is 0 Å². The summed E-state index contributed by atoms with van der Waals surface area (Å²) in [5.74, 6) is -0.200. The van der Waals surface area contributed by atoms with Crippen LogP contribution in [0.5, 0.6) is 0 Å². The molecule has 1 unspecified atom stereocenters. The van der Waals surface area contributed by atoms with Gasteiger partial charge >= 0.3 is 0 Å². The van der Waals surface area contributed by atoms with Crippen molar-refractivity contribution in [1.82, 2.24) is 5.32 Å². The van der Waals surface area contributed by atoms with Gasteiger partial charge in [0.25, 0.3) is 5.91 Å². The predicted molar refractivity (Wildman–Crippen MR) is 83.6 cm³/mol. The fourth-order valence-corrected chi connectivity index (χ4v) is 3.21. The van der Waals surface area contributed by atoms with E-state index < -0.39 is 10.0 Å². The highest BCUT2D eigenvalue weighted by molar-refractivity contribution is 9.10. The lowest BCUT2D eigenvalue weighted by molar-refractivity contribution is 0.0934. The maximum absolute atomic E-state index is 12.1. The number of sulfonamides is 1. The molecular formula is C13H19BrN2O4S. The zero-order valence-corrected chi connectivity index (χ0v) is 14.5. The van der Waals surface area contributed by atoms with Crippen LogP contribution in [0.2, 0.25) is 0 Å². The largest absolute Gasteiger partial charge is 0.384 e. The van der Waals surface area contributed by atoms with Gasteiger partial charge in [0.2, 0.25) is 10.0 Å². The molecule has 0 aliphatic heterocycles. The van der Waals surface area contributed by atoms with E-state index in [1.807, 2.05) is 6.92 Å². The molecule has 8 heteroatoms. The molecule has 0 spiro atoms. The maximum Gasteiger partial charge on any atom is 0.251 e. The first-order valence-corrected chi connectivity index (χ1v) is 8.60. The van der Waals surface area contributed by atoms with E-state index in [1.165, 1.54) is 6.07 Å². The van der Waals surface area contributed by atoms with Gasteiger partial charge < -0.3 is 10.1 Å². The molecule has 0 aliphatic rings. The van der Waals surface area contributed by atoms with Gasteiger partial charge in [-0.2, -0.15) is 0 Å². The standard InChI is InChI=1S/C13H19BrN2O4S/c1-8(7-20-3)6-16-13(17)10-4-11(14)9(2)12(5-10)21(15,18)19/h4-5,8H,6-7H2,1-3H3,(H,16,17)(H2,15,18,19). The highest BCUT2D eigenvalue weighted by atomic mass is 79.9. The van der Waals surface area contributed by atoms with Crippen LogP contribution in [0.4, 0.5) is 0 Å². The third-order valence-corrected chi connectivity index (χ3v) is 4.79. The maximum atomic E-state index is 12.1. The Labute approximate surface area is 133 Å². The van der Waals surface area contributed by atoms with E-state index in [4.69, 9.17) is 9.88 Å². The van der Waals surface area contributed by atoms with E-state index in [0.717, 1.165) is 0 Å². The number of carbonyl (C=O) groups excluding carboxylic acids is 1. The smallest absolute Gasteiger partial charge is 0.251 e. The number of methoxy groups -OCH3 is 1. The average molecular weight is 379 g/mol. The summed E-state index contributed by atoms with van der Waals surface area (Å²) in [6.45, 7) is 4.51. The van der Waals surface area contributed by atoms with E-state index in [0.29, 0.717) is 23.2 Å². The number of hydrogen-bond donors (Lipinski definition) is 2. The summed E-state index contributed by atoms with van der Waals surface area (Å²) in [4.78, 5) is 12.0. The van der Waals surface area contributed by atoms with Crippen LogP contribution in [-0.4, -0.2) is 34.6 Å². The van der Waals surface area contributed by atoms with Gasteiger partial charge in [-0.3, -0.25) is 4.79 Å². The molecule has 0 aromatic heterocycles. The number of amides is 1. The molecule has 1 atom stereocenters. The van der Waals surface area contributed by atoms with E-state index in [9.17, 15) is 13.2 Å². The summed E-state index contributed by atoms with van der Waals surface area (Å²) < 4.78 is 28.6. The number of benzene rings is 1. The number of hydrogen-bond acceptors (Lipinski definition) is 4. The van der Waals surface area contributed by atoms with E-state index in [2.05, 4.69) is 21.2 Å². The number of ether oxygens (including phenoxy) is 1. The molecule has 1 aromatic carbocycles. The summed E-state index contributed by atoms with van der Waals surface area (Å²) >= 11 is 3.24. The van der Waals surface area contributed by atoms with Crippen molar-refractivity contribution >= 4 is 31.9 Å². The predicted octanol–water partition coefficient (Wildman–Crippen LogP) is 1.42. The Balaban J connectivity index is 2.99. The topological polar surface area (TPSA) is 98.5 Å². The summed E-state index contributed by atoms with van der Waals surface area (Å²) in [6.07, 6.45) is 0. The van der Waals surface area contributed by atoms with E-state index >= 15 is 0 Å². The second-order valence-electron chi connectivity index (χ2n) is 4.90. The second-order valence-corrected chi connectivity index (χ2v) is 7.28. The molecule has 0 heterocycles. The molecule has 1 aromatic rings. The normalized spacial score (nSPS) is 13.0. The van der Waals surface area contributed by atoms with Crippen molar-refractivity contribution in [2.75, 3.05) is 20.3 Å². The molecule has 1 amide bonds. The molecule has 0 saturated carbocycles. The monoisotopic (exact) mass is 378 g/mol. The first-order valence-electron chi connectivity index (χ1n) is 6.27. The third-order valence-electron chi connectivity index (χ3n) is 2.93. The van der Waals surface area contributed by atoms with Gasteiger partial charge in [0.15, 0.2) is 0 Å². The minimum atomic E-state index is -3.88. The summed E-state index contributed by atoms with van der Waals surface area (Å²) in [5.41, 5.74) is 0.711. The van der Waals surface area contributed by atoms with Gasteiger partial charge in [0.05, 0.1) is 11.5 Å². The molecule has 6 nitrogen and oxygen atoms in total. The Bertz CT molecular complexity index is 631. The van der Waals surface area contributed by atoms with Crippen LogP contribution in [-0.2, 0) is 14.8 Å². The fourth-order valence-electron chi connectivity index (χ4n) is 1.79. The van der Waals surface area contributed by atoms with Crippen LogP contribution in [0, 0.1) is 12.8 Å². The lowest BCUT2D eigenvalue weighted by Gasteiger charge is -2.13.